The molecule has 8 heteroatoms. The molecule has 1 saturated heterocycles. The maximum atomic E-state index is 13.6. The van der Waals surface area contributed by atoms with Gasteiger partial charge in [-0.15, -0.1) is 10.2 Å². The molecule has 1 aromatic heterocycles. The van der Waals surface area contributed by atoms with Crippen LogP contribution in [0.25, 0.3) is 0 Å². The highest BCUT2D eigenvalue weighted by Crippen LogP contribution is 2.21. The maximum Gasteiger partial charge on any atom is 0.259 e. The zero-order valence-corrected chi connectivity index (χ0v) is 13.6. The van der Waals surface area contributed by atoms with Crippen molar-refractivity contribution in [3.05, 3.63) is 47.3 Å². The molecular weight excluding hydrogens is 333 g/mol. The van der Waals surface area contributed by atoms with E-state index in [2.05, 4.69) is 27.3 Å². The minimum atomic E-state index is -1.69. The van der Waals surface area contributed by atoms with Crippen LogP contribution in [0.1, 0.15) is 30.1 Å². The molecule has 0 bridgehead atoms. The first-order valence-electron chi connectivity index (χ1n) is 7.99. The third-order valence-corrected chi connectivity index (χ3v) is 4.15. The fourth-order valence-electron chi connectivity index (χ4n) is 2.84. The Balaban J connectivity index is 1.71. The van der Waals surface area contributed by atoms with Gasteiger partial charge in [0, 0.05) is 13.1 Å². The van der Waals surface area contributed by atoms with Gasteiger partial charge in [-0.25, -0.2) is 13.2 Å². The van der Waals surface area contributed by atoms with Gasteiger partial charge in [0.15, 0.2) is 29.1 Å². The summed E-state index contributed by atoms with van der Waals surface area (Å²) in [5.74, 6) is -4.13. The minimum Gasteiger partial charge on any atom is -0.355 e. The molecule has 1 aliphatic heterocycles. The number of halogens is 3. The third-order valence-electron chi connectivity index (χ3n) is 4.15. The monoisotopic (exact) mass is 350 g/mol. The molecule has 3 rings (SSSR count). The molecule has 0 saturated carbocycles. The molecule has 1 aliphatic rings. The molecule has 1 atom stereocenters. The van der Waals surface area contributed by atoms with Crippen LogP contribution in [0.2, 0.25) is 0 Å². The zero-order valence-electron chi connectivity index (χ0n) is 13.6. The van der Waals surface area contributed by atoms with Crippen molar-refractivity contribution in [3.8, 4) is 0 Å². The van der Waals surface area contributed by atoms with Crippen molar-refractivity contribution in [2.24, 2.45) is 5.92 Å². The fraction of sp³-hybridized carbons (Fsp3) is 0.353. The lowest BCUT2D eigenvalue weighted by Crippen LogP contribution is -2.34. The first-order valence-corrected chi connectivity index (χ1v) is 7.99. The summed E-state index contributed by atoms with van der Waals surface area (Å²) >= 11 is 0. The van der Waals surface area contributed by atoms with Crippen LogP contribution < -0.4 is 10.2 Å². The lowest BCUT2D eigenvalue weighted by molar-refractivity contribution is 0.102. The Morgan fingerprint density at radius 3 is 2.64 bits per heavy atom. The standard InChI is InChI=1S/C17H17F3N4O/c1-10-3-2-8-24(9-10)14-7-6-13(22-23-14)21-17(25)11-4-5-12(18)16(20)15(11)19/h4-7,10H,2-3,8-9H2,1H3,(H,21,22,25). The van der Waals surface area contributed by atoms with Gasteiger partial charge in [0.1, 0.15) is 0 Å². The number of aromatic nitrogens is 2. The quantitative estimate of drug-likeness (QED) is 0.862. The first kappa shape index (κ1) is 17.2. The highest BCUT2D eigenvalue weighted by molar-refractivity contribution is 6.03. The van der Waals surface area contributed by atoms with Gasteiger partial charge in [-0.1, -0.05) is 6.92 Å². The van der Waals surface area contributed by atoms with Gasteiger partial charge in [0.25, 0.3) is 5.91 Å². The van der Waals surface area contributed by atoms with Gasteiger partial charge in [0.05, 0.1) is 5.56 Å². The van der Waals surface area contributed by atoms with E-state index in [1.807, 2.05) is 0 Å². The van der Waals surface area contributed by atoms with Gasteiger partial charge in [-0.2, -0.15) is 0 Å². The summed E-state index contributed by atoms with van der Waals surface area (Å²) in [5, 5.41) is 10.3. The number of nitrogens with zero attached hydrogens (tertiary/aromatic N) is 3. The molecule has 0 spiro atoms. The van der Waals surface area contributed by atoms with Gasteiger partial charge in [0.2, 0.25) is 0 Å². The van der Waals surface area contributed by atoms with Gasteiger partial charge >= 0.3 is 0 Å². The summed E-state index contributed by atoms with van der Waals surface area (Å²) in [7, 11) is 0. The van der Waals surface area contributed by atoms with Crippen LogP contribution in [0.3, 0.4) is 0 Å². The van der Waals surface area contributed by atoms with E-state index in [0.29, 0.717) is 17.8 Å². The van der Waals surface area contributed by atoms with E-state index in [1.165, 1.54) is 12.5 Å². The van der Waals surface area contributed by atoms with Crippen molar-refractivity contribution in [1.82, 2.24) is 10.2 Å². The number of piperidine rings is 1. The number of hydrogen-bond acceptors (Lipinski definition) is 4. The molecule has 5 nitrogen and oxygen atoms in total. The van der Waals surface area contributed by atoms with Gasteiger partial charge < -0.3 is 10.2 Å². The van der Waals surface area contributed by atoms with Crippen LogP contribution in [0.5, 0.6) is 0 Å². The third kappa shape index (κ3) is 3.72. The zero-order chi connectivity index (χ0) is 18.0. The summed E-state index contributed by atoms with van der Waals surface area (Å²) in [6.45, 7) is 3.95. The van der Waals surface area contributed by atoms with Crippen molar-refractivity contribution in [3.63, 3.8) is 0 Å². The summed E-state index contributed by atoms with van der Waals surface area (Å²) < 4.78 is 39.8. The average molecular weight is 350 g/mol. The summed E-state index contributed by atoms with van der Waals surface area (Å²) in [6, 6.07) is 4.82. The molecule has 1 N–H and O–H groups in total. The Morgan fingerprint density at radius 1 is 1.16 bits per heavy atom. The summed E-state index contributed by atoms with van der Waals surface area (Å²) in [4.78, 5) is 14.1. The maximum absolute atomic E-state index is 13.6. The summed E-state index contributed by atoms with van der Waals surface area (Å²) in [6.07, 6.45) is 2.26. The smallest absolute Gasteiger partial charge is 0.259 e. The van der Waals surface area contributed by atoms with Crippen LogP contribution in [-0.2, 0) is 0 Å². The Kier molecular flexibility index (Phi) is 4.87. The second-order valence-corrected chi connectivity index (χ2v) is 6.15. The normalized spacial score (nSPS) is 17.4. The van der Waals surface area contributed by atoms with Crippen molar-refractivity contribution in [1.29, 1.82) is 0 Å². The topological polar surface area (TPSA) is 58.1 Å². The number of nitrogens with one attached hydrogen (secondary N) is 1. The van der Waals surface area contributed by atoms with Crippen LogP contribution in [0.4, 0.5) is 24.8 Å². The Bertz CT molecular complexity index is 782. The highest BCUT2D eigenvalue weighted by atomic mass is 19.2. The van der Waals surface area contributed by atoms with E-state index in [4.69, 9.17) is 0 Å². The number of rotatable bonds is 3. The minimum absolute atomic E-state index is 0.0999. The van der Waals surface area contributed by atoms with Crippen LogP contribution in [0.15, 0.2) is 24.3 Å². The molecule has 0 aliphatic carbocycles. The number of benzene rings is 1. The summed E-state index contributed by atoms with van der Waals surface area (Å²) in [5.41, 5.74) is -0.602. The molecule has 1 unspecified atom stereocenters. The van der Waals surface area contributed by atoms with E-state index in [-0.39, 0.29) is 5.82 Å². The Hall–Kier alpha value is -2.64. The molecule has 1 aromatic carbocycles. The van der Waals surface area contributed by atoms with Crippen molar-refractivity contribution in [2.75, 3.05) is 23.3 Å². The molecular formula is C17H17F3N4O. The number of hydrogen-bond donors (Lipinski definition) is 1. The van der Waals surface area contributed by atoms with E-state index in [0.717, 1.165) is 25.6 Å². The lowest BCUT2D eigenvalue weighted by atomic mass is 10.0. The predicted molar refractivity (Wildman–Crippen MR) is 86.9 cm³/mol. The molecule has 25 heavy (non-hydrogen) atoms. The molecule has 1 amide bonds. The van der Waals surface area contributed by atoms with E-state index < -0.39 is 28.9 Å². The van der Waals surface area contributed by atoms with Gasteiger partial charge in [-0.3, -0.25) is 4.79 Å². The first-order chi connectivity index (χ1) is 12.0. The van der Waals surface area contributed by atoms with Crippen LogP contribution in [-0.4, -0.2) is 29.2 Å². The molecule has 132 valence electrons. The number of carbonyl (C=O) groups is 1. The Morgan fingerprint density at radius 2 is 1.96 bits per heavy atom. The Labute approximate surface area is 142 Å². The fourth-order valence-corrected chi connectivity index (χ4v) is 2.84. The van der Waals surface area contributed by atoms with E-state index in [9.17, 15) is 18.0 Å². The second-order valence-electron chi connectivity index (χ2n) is 6.15. The molecule has 1 fully saturated rings. The average Bonchev–Trinajstić information content (AvgIpc) is 2.60. The highest BCUT2D eigenvalue weighted by Gasteiger charge is 2.20. The molecule has 2 heterocycles. The van der Waals surface area contributed by atoms with Crippen molar-refractivity contribution in [2.45, 2.75) is 19.8 Å². The lowest BCUT2D eigenvalue weighted by Gasteiger charge is -2.31. The number of anilines is 2. The number of amides is 1. The van der Waals surface area contributed by atoms with Crippen LogP contribution in [0, 0.1) is 23.4 Å². The largest absolute Gasteiger partial charge is 0.355 e. The van der Waals surface area contributed by atoms with Crippen LogP contribution >= 0.6 is 0 Å². The van der Waals surface area contributed by atoms with E-state index in [1.54, 1.807) is 6.07 Å². The molecule has 2 aromatic rings. The predicted octanol–water partition coefficient (Wildman–Crippen LogP) is 3.38. The van der Waals surface area contributed by atoms with Gasteiger partial charge in [-0.05, 0) is 43.0 Å². The molecule has 0 radical (unpaired) electrons. The SMILES string of the molecule is CC1CCCN(c2ccc(NC(=O)c3ccc(F)c(F)c3F)nn2)C1. The second kappa shape index (κ2) is 7.08. The number of carbonyl (C=O) groups excluding carboxylic acids is 1. The van der Waals surface area contributed by atoms with Crippen molar-refractivity contribution >= 4 is 17.5 Å². The van der Waals surface area contributed by atoms with E-state index >= 15 is 0 Å². The van der Waals surface area contributed by atoms with Crippen molar-refractivity contribution < 1.29 is 18.0 Å².